The fraction of sp³-hybridized carbons (Fsp3) is 0.409. The zero-order valence-electron chi connectivity index (χ0n) is 17.6. The number of fused-ring (bicyclic) bond motifs is 1. The van der Waals surface area contributed by atoms with E-state index in [0.717, 1.165) is 42.4 Å². The largest absolute Gasteiger partial charge is 0.497 e. The van der Waals surface area contributed by atoms with Gasteiger partial charge >= 0.3 is 0 Å². The van der Waals surface area contributed by atoms with E-state index in [4.69, 9.17) is 14.2 Å². The molecule has 158 valence electrons. The van der Waals surface area contributed by atoms with Gasteiger partial charge in [0.15, 0.2) is 5.82 Å². The summed E-state index contributed by atoms with van der Waals surface area (Å²) in [5.41, 5.74) is 3.73. The van der Waals surface area contributed by atoms with Crippen LogP contribution in [0.15, 0.2) is 42.5 Å². The first-order valence-corrected chi connectivity index (χ1v) is 10.0. The van der Waals surface area contributed by atoms with E-state index in [0.29, 0.717) is 13.2 Å². The SMILES string of the molecule is COCCn1nnnc1C(c1ccc(OC)cc1OC)N1CCc2ccccc2C1. The number of ether oxygens (including phenoxy) is 3. The maximum atomic E-state index is 5.74. The van der Waals surface area contributed by atoms with Crippen LogP contribution in [0, 0.1) is 0 Å². The highest BCUT2D eigenvalue weighted by molar-refractivity contribution is 5.45. The van der Waals surface area contributed by atoms with Crippen molar-refractivity contribution in [3.8, 4) is 11.5 Å². The molecule has 30 heavy (non-hydrogen) atoms. The third-order valence-electron chi connectivity index (χ3n) is 5.57. The molecule has 0 radical (unpaired) electrons. The van der Waals surface area contributed by atoms with Gasteiger partial charge in [-0.1, -0.05) is 24.3 Å². The van der Waals surface area contributed by atoms with Gasteiger partial charge in [0.1, 0.15) is 17.5 Å². The van der Waals surface area contributed by atoms with Gasteiger partial charge in [0.25, 0.3) is 0 Å². The number of methoxy groups -OCH3 is 3. The summed E-state index contributed by atoms with van der Waals surface area (Å²) in [7, 11) is 5.00. The Morgan fingerprint density at radius 2 is 1.87 bits per heavy atom. The topological polar surface area (TPSA) is 74.5 Å². The van der Waals surface area contributed by atoms with Crippen LogP contribution in [0.3, 0.4) is 0 Å². The Bertz CT molecular complexity index is 990. The van der Waals surface area contributed by atoms with Crippen molar-refractivity contribution in [1.29, 1.82) is 0 Å². The van der Waals surface area contributed by atoms with E-state index in [1.807, 2.05) is 22.9 Å². The van der Waals surface area contributed by atoms with Crippen molar-refractivity contribution in [2.45, 2.75) is 25.6 Å². The van der Waals surface area contributed by atoms with Gasteiger partial charge in [-0.15, -0.1) is 5.10 Å². The van der Waals surface area contributed by atoms with Crippen LogP contribution in [-0.4, -0.2) is 59.6 Å². The molecule has 3 aromatic rings. The third kappa shape index (κ3) is 4.01. The molecule has 0 saturated heterocycles. The Balaban J connectivity index is 1.78. The Labute approximate surface area is 176 Å². The molecule has 0 aliphatic carbocycles. The summed E-state index contributed by atoms with van der Waals surface area (Å²) in [6.07, 6.45) is 0.977. The first kappa shape index (κ1) is 20.3. The van der Waals surface area contributed by atoms with Crippen LogP contribution in [-0.2, 0) is 24.2 Å². The molecule has 1 unspecified atom stereocenters. The summed E-state index contributed by atoms with van der Waals surface area (Å²) in [6.45, 7) is 2.83. The minimum atomic E-state index is -0.161. The van der Waals surface area contributed by atoms with Gasteiger partial charge in [0, 0.05) is 31.8 Å². The van der Waals surface area contributed by atoms with E-state index >= 15 is 0 Å². The predicted molar refractivity (Wildman–Crippen MR) is 112 cm³/mol. The van der Waals surface area contributed by atoms with Crippen molar-refractivity contribution in [2.24, 2.45) is 0 Å². The maximum Gasteiger partial charge on any atom is 0.173 e. The first-order valence-electron chi connectivity index (χ1n) is 10.0. The fourth-order valence-corrected chi connectivity index (χ4v) is 4.03. The first-order chi connectivity index (χ1) is 14.7. The molecule has 0 amide bonds. The number of rotatable bonds is 8. The van der Waals surface area contributed by atoms with Gasteiger partial charge in [-0.2, -0.15) is 0 Å². The average molecular weight is 409 g/mol. The van der Waals surface area contributed by atoms with Gasteiger partial charge in [0.05, 0.1) is 27.4 Å². The third-order valence-corrected chi connectivity index (χ3v) is 5.57. The van der Waals surface area contributed by atoms with E-state index in [2.05, 4.69) is 44.7 Å². The highest BCUT2D eigenvalue weighted by Gasteiger charge is 2.32. The highest BCUT2D eigenvalue weighted by atomic mass is 16.5. The van der Waals surface area contributed by atoms with Crippen LogP contribution < -0.4 is 9.47 Å². The van der Waals surface area contributed by atoms with Gasteiger partial charge in [0.2, 0.25) is 0 Å². The van der Waals surface area contributed by atoms with Crippen LogP contribution in [0.5, 0.6) is 11.5 Å². The molecule has 1 aliphatic rings. The molecule has 0 bridgehead atoms. The van der Waals surface area contributed by atoms with Crippen molar-refractivity contribution in [2.75, 3.05) is 34.5 Å². The Kier molecular flexibility index (Phi) is 6.25. The Morgan fingerprint density at radius 1 is 1.03 bits per heavy atom. The van der Waals surface area contributed by atoms with E-state index < -0.39 is 0 Å². The molecule has 1 aromatic heterocycles. The van der Waals surface area contributed by atoms with E-state index in [9.17, 15) is 0 Å². The lowest BCUT2D eigenvalue weighted by Crippen LogP contribution is -2.36. The molecule has 0 N–H and O–H groups in total. The van der Waals surface area contributed by atoms with Gasteiger partial charge in [-0.05, 0) is 40.1 Å². The smallest absolute Gasteiger partial charge is 0.173 e. The van der Waals surface area contributed by atoms with Crippen LogP contribution >= 0.6 is 0 Å². The van der Waals surface area contributed by atoms with Crippen molar-refractivity contribution >= 4 is 0 Å². The van der Waals surface area contributed by atoms with Crippen LogP contribution in [0.4, 0.5) is 0 Å². The summed E-state index contributed by atoms with van der Waals surface area (Å²) in [5, 5.41) is 12.6. The standard InChI is InChI=1S/C22H27N5O3/c1-28-13-12-27-22(23-24-25-27)21(19-9-8-18(29-2)14-20(19)30-3)26-11-10-16-6-4-5-7-17(16)15-26/h4-9,14,21H,10-13,15H2,1-3H3. The molecule has 8 heteroatoms. The van der Waals surface area contributed by atoms with Gasteiger partial charge in [-0.25, -0.2) is 4.68 Å². The predicted octanol–water partition coefficient (Wildman–Crippen LogP) is 2.48. The van der Waals surface area contributed by atoms with E-state index in [1.165, 1.54) is 11.1 Å². The van der Waals surface area contributed by atoms with Crippen molar-refractivity contribution < 1.29 is 14.2 Å². The zero-order valence-corrected chi connectivity index (χ0v) is 17.6. The minimum Gasteiger partial charge on any atom is -0.497 e. The summed E-state index contributed by atoms with van der Waals surface area (Å²) < 4.78 is 18.2. The molecule has 2 heterocycles. The Morgan fingerprint density at radius 3 is 2.63 bits per heavy atom. The number of tetrazole rings is 1. The summed E-state index contributed by atoms with van der Waals surface area (Å²) in [4.78, 5) is 2.40. The molecule has 1 aliphatic heterocycles. The molecular weight excluding hydrogens is 382 g/mol. The van der Waals surface area contributed by atoms with Crippen molar-refractivity contribution in [1.82, 2.24) is 25.1 Å². The minimum absolute atomic E-state index is 0.161. The van der Waals surface area contributed by atoms with E-state index in [1.54, 1.807) is 21.3 Å². The molecule has 2 aromatic carbocycles. The summed E-state index contributed by atoms with van der Waals surface area (Å²) in [5.74, 6) is 2.27. The summed E-state index contributed by atoms with van der Waals surface area (Å²) >= 11 is 0. The monoisotopic (exact) mass is 409 g/mol. The van der Waals surface area contributed by atoms with Gasteiger partial charge < -0.3 is 14.2 Å². The van der Waals surface area contributed by atoms with E-state index in [-0.39, 0.29) is 6.04 Å². The maximum absolute atomic E-state index is 5.74. The second-order valence-electron chi connectivity index (χ2n) is 7.25. The molecular formula is C22H27N5O3. The molecule has 4 rings (SSSR count). The molecule has 0 fully saturated rings. The molecule has 1 atom stereocenters. The lowest BCUT2D eigenvalue weighted by molar-refractivity contribution is 0.168. The van der Waals surface area contributed by atoms with Crippen LogP contribution in [0.1, 0.15) is 28.6 Å². The number of hydrogen-bond acceptors (Lipinski definition) is 7. The fourth-order valence-electron chi connectivity index (χ4n) is 4.03. The van der Waals surface area contributed by atoms with Crippen molar-refractivity contribution in [3.05, 3.63) is 65.0 Å². The van der Waals surface area contributed by atoms with Crippen LogP contribution in [0.2, 0.25) is 0 Å². The quantitative estimate of drug-likeness (QED) is 0.566. The van der Waals surface area contributed by atoms with Gasteiger partial charge in [-0.3, -0.25) is 4.90 Å². The van der Waals surface area contributed by atoms with Crippen LogP contribution in [0.25, 0.3) is 0 Å². The number of benzene rings is 2. The number of nitrogens with zero attached hydrogens (tertiary/aromatic N) is 5. The second-order valence-corrected chi connectivity index (χ2v) is 7.25. The van der Waals surface area contributed by atoms with Crippen molar-refractivity contribution in [3.63, 3.8) is 0 Å². The molecule has 0 saturated carbocycles. The highest BCUT2D eigenvalue weighted by Crippen LogP contribution is 2.38. The molecule has 0 spiro atoms. The summed E-state index contributed by atoms with van der Waals surface area (Å²) in [6, 6.07) is 14.3. The Hall–Kier alpha value is -2.97. The zero-order chi connectivity index (χ0) is 20.9. The lowest BCUT2D eigenvalue weighted by atomic mass is 9.95. The second kappa shape index (κ2) is 9.23. The average Bonchev–Trinajstić information content (AvgIpc) is 3.26. The normalized spacial score (nSPS) is 14.9. The molecule has 8 nitrogen and oxygen atoms in total. The number of hydrogen-bond donors (Lipinski definition) is 0. The lowest BCUT2D eigenvalue weighted by Gasteiger charge is -2.35. The number of aromatic nitrogens is 4.